The van der Waals surface area contributed by atoms with Crippen molar-refractivity contribution in [2.45, 2.75) is 24.4 Å². The lowest BCUT2D eigenvalue weighted by Crippen LogP contribution is -2.52. The van der Waals surface area contributed by atoms with Crippen LogP contribution in [0.4, 0.5) is 0 Å². The molecule has 0 bridgehead atoms. The predicted octanol–water partition coefficient (Wildman–Crippen LogP) is -2.73. The highest BCUT2D eigenvalue weighted by atomic mass is 17.0. The summed E-state index contributed by atoms with van der Waals surface area (Å²) in [4.78, 5) is 52.8. The largest absolute Gasteiger partial charge is 0.394 e. The molecule has 0 aromatic carbocycles. The Hall–Kier alpha value is -2.81. The van der Waals surface area contributed by atoms with E-state index in [9.17, 15) is 40.2 Å². The fraction of sp³-hybridized carbons (Fsp3) is 0.833. The first-order valence-corrected chi connectivity index (χ1v) is 4.90. The van der Waals surface area contributed by atoms with Crippen molar-refractivity contribution in [1.82, 2.24) is 0 Å². The van der Waals surface area contributed by atoms with Gasteiger partial charge in [-0.15, -0.1) is 30.3 Å². The zero-order chi connectivity index (χ0) is 16.6. The van der Waals surface area contributed by atoms with Crippen LogP contribution in [0.2, 0.25) is 0 Å². The van der Waals surface area contributed by atoms with Crippen molar-refractivity contribution in [3.63, 3.8) is 0 Å². The molecule has 0 saturated carbocycles. The standard InChI is InChI=1S/C6H9N3O12/c10-1-3(12)5(20-8(15)16)6(21-9(17)18)4(2-11)19-7(13)14/h2-6,10,12H,1H2/t3-,4+,5-,6-/m1/s1. The Kier molecular flexibility index (Phi) is 7.26. The minimum absolute atomic E-state index is 0.322. The summed E-state index contributed by atoms with van der Waals surface area (Å²) in [5, 5.41) is 44.1. The van der Waals surface area contributed by atoms with Crippen LogP contribution in [-0.4, -0.2) is 62.8 Å². The van der Waals surface area contributed by atoms with E-state index in [2.05, 4.69) is 14.5 Å². The number of aliphatic hydroxyl groups excluding tert-OH is 2. The lowest BCUT2D eigenvalue weighted by Gasteiger charge is -2.28. The fourth-order valence-corrected chi connectivity index (χ4v) is 1.22. The van der Waals surface area contributed by atoms with E-state index in [0.717, 1.165) is 0 Å². The normalized spacial score (nSPS) is 15.9. The Morgan fingerprint density at radius 1 is 0.952 bits per heavy atom. The van der Waals surface area contributed by atoms with Gasteiger partial charge in [0.1, 0.15) is 6.10 Å². The van der Waals surface area contributed by atoms with Gasteiger partial charge < -0.3 is 29.5 Å². The van der Waals surface area contributed by atoms with Crippen molar-refractivity contribution >= 4 is 6.29 Å². The summed E-state index contributed by atoms with van der Waals surface area (Å²) in [5.74, 6) is 0. The summed E-state index contributed by atoms with van der Waals surface area (Å²) in [6.07, 6.45) is -9.45. The van der Waals surface area contributed by atoms with Crippen LogP contribution in [0.25, 0.3) is 0 Å². The van der Waals surface area contributed by atoms with Gasteiger partial charge in [-0.2, -0.15) is 0 Å². The Morgan fingerprint density at radius 2 is 1.38 bits per heavy atom. The summed E-state index contributed by atoms with van der Waals surface area (Å²) in [6, 6.07) is 0. The number of hydrogen-bond acceptors (Lipinski definition) is 12. The van der Waals surface area contributed by atoms with Gasteiger partial charge in [0.2, 0.25) is 0 Å². The van der Waals surface area contributed by atoms with Crippen LogP contribution in [0, 0.1) is 30.3 Å². The summed E-state index contributed by atoms with van der Waals surface area (Å²) in [5.41, 5.74) is 0. The van der Waals surface area contributed by atoms with Crippen molar-refractivity contribution in [2.24, 2.45) is 0 Å². The Bertz CT molecular complexity index is 400. The average Bonchev–Trinajstić information content (AvgIpc) is 2.38. The topological polar surface area (TPSA) is 215 Å². The molecule has 0 heterocycles. The van der Waals surface area contributed by atoms with Gasteiger partial charge in [0.25, 0.3) is 15.3 Å². The molecular formula is C6H9N3O12. The second kappa shape index (κ2) is 8.38. The van der Waals surface area contributed by atoms with Gasteiger partial charge in [0.15, 0.2) is 24.6 Å². The van der Waals surface area contributed by atoms with Crippen LogP contribution in [0.5, 0.6) is 0 Å². The van der Waals surface area contributed by atoms with E-state index in [1.807, 2.05) is 0 Å². The number of carbonyl (C=O) groups is 1. The molecule has 4 atom stereocenters. The maximum Gasteiger partial charge on any atom is 0.295 e. The van der Waals surface area contributed by atoms with Crippen molar-refractivity contribution in [3.8, 4) is 0 Å². The van der Waals surface area contributed by atoms with Crippen molar-refractivity contribution < 1.29 is 44.8 Å². The first-order chi connectivity index (χ1) is 9.72. The van der Waals surface area contributed by atoms with Gasteiger partial charge in [-0.25, -0.2) is 0 Å². The van der Waals surface area contributed by atoms with Crippen LogP contribution >= 0.6 is 0 Å². The number of carbonyl (C=O) groups excluding carboxylic acids is 1. The minimum atomic E-state index is -2.38. The van der Waals surface area contributed by atoms with Crippen LogP contribution < -0.4 is 0 Å². The second-order valence-electron chi connectivity index (χ2n) is 3.27. The van der Waals surface area contributed by atoms with Crippen LogP contribution in [0.1, 0.15) is 0 Å². The van der Waals surface area contributed by atoms with Crippen molar-refractivity contribution in [2.75, 3.05) is 6.61 Å². The average molecular weight is 315 g/mol. The van der Waals surface area contributed by atoms with E-state index in [1.54, 1.807) is 0 Å². The maximum absolute atomic E-state index is 10.7. The molecule has 120 valence electrons. The molecule has 0 aromatic heterocycles. The molecule has 21 heavy (non-hydrogen) atoms. The summed E-state index contributed by atoms with van der Waals surface area (Å²) in [6.45, 7) is -1.18. The number of nitrogens with zero attached hydrogens (tertiary/aromatic N) is 3. The van der Waals surface area contributed by atoms with Gasteiger partial charge in [0, 0.05) is 0 Å². The van der Waals surface area contributed by atoms with E-state index >= 15 is 0 Å². The number of hydrogen-bond donors (Lipinski definition) is 2. The van der Waals surface area contributed by atoms with Gasteiger partial charge in [-0.1, -0.05) is 0 Å². The van der Waals surface area contributed by atoms with Crippen LogP contribution in [-0.2, 0) is 19.3 Å². The molecule has 0 spiro atoms. The third kappa shape index (κ3) is 6.25. The summed E-state index contributed by atoms with van der Waals surface area (Å²) in [7, 11) is 0. The molecule has 0 aromatic rings. The summed E-state index contributed by atoms with van der Waals surface area (Å²) < 4.78 is 0. The smallest absolute Gasteiger partial charge is 0.295 e. The van der Waals surface area contributed by atoms with E-state index < -0.39 is 46.3 Å². The lowest BCUT2D eigenvalue weighted by atomic mass is 10.0. The SMILES string of the molecule is O=C[C@H](O[N+](=O)[O-])[C@@H](O[N+](=O)[O-])[C@H](O[N+](=O)[O-])[C@H](O)CO. The van der Waals surface area contributed by atoms with Crippen molar-refractivity contribution in [3.05, 3.63) is 30.3 Å². The highest BCUT2D eigenvalue weighted by Gasteiger charge is 2.42. The number of aldehydes is 1. The molecule has 15 heteroatoms. The molecule has 0 aliphatic carbocycles. The second-order valence-corrected chi connectivity index (χ2v) is 3.27. The molecule has 0 radical (unpaired) electrons. The molecule has 0 amide bonds. The number of aliphatic hydroxyl groups is 2. The fourth-order valence-electron chi connectivity index (χ4n) is 1.22. The van der Waals surface area contributed by atoms with E-state index in [1.165, 1.54) is 0 Å². The van der Waals surface area contributed by atoms with Crippen LogP contribution in [0.3, 0.4) is 0 Å². The van der Waals surface area contributed by atoms with Gasteiger partial charge in [0.05, 0.1) is 6.61 Å². The monoisotopic (exact) mass is 315 g/mol. The van der Waals surface area contributed by atoms with E-state index in [0.29, 0.717) is 0 Å². The molecule has 15 nitrogen and oxygen atoms in total. The molecule has 0 rings (SSSR count). The first kappa shape index (κ1) is 18.2. The quantitative estimate of drug-likeness (QED) is 0.225. The summed E-state index contributed by atoms with van der Waals surface area (Å²) >= 11 is 0. The molecule has 0 aliphatic rings. The highest BCUT2D eigenvalue weighted by molar-refractivity contribution is 5.57. The molecule has 0 unspecified atom stereocenters. The van der Waals surface area contributed by atoms with E-state index in [-0.39, 0.29) is 6.29 Å². The highest BCUT2D eigenvalue weighted by Crippen LogP contribution is 2.15. The molecule has 0 saturated heterocycles. The van der Waals surface area contributed by atoms with Gasteiger partial charge in [-0.05, 0) is 0 Å². The molecule has 2 N–H and O–H groups in total. The Labute approximate surface area is 113 Å². The molecule has 0 aliphatic heterocycles. The Balaban J connectivity index is 5.45. The van der Waals surface area contributed by atoms with Gasteiger partial charge >= 0.3 is 0 Å². The van der Waals surface area contributed by atoms with Crippen LogP contribution in [0.15, 0.2) is 0 Å². The Morgan fingerprint density at radius 3 is 1.71 bits per heavy atom. The zero-order valence-electron chi connectivity index (χ0n) is 9.91. The third-order valence-corrected chi connectivity index (χ3v) is 1.97. The zero-order valence-corrected chi connectivity index (χ0v) is 9.91. The number of rotatable bonds is 11. The first-order valence-electron chi connectivity index (χ1n) is 4.90. The third-order valence-electron chi connectivity index (χ3n) is 1.97. The maximum atomic E-state index is 10.7. The minimum Gasteiger partial charge on any atom is -0.394 e. The van der Waals surface area contributed by atoms with Crippen molar-refractivity contribution in [1.29, 1.82) is 0 Å². The van der Waals surface area contributed by atoms with Gasteiger partial charge in [-0.3, -0.25) is 0 Å². The lowest BCUT2D eigenvalue weighted by molar-refractivity contribution is -0.815. The predicted molar refractivity (Wildman–Crippen MR) is 54.8 cm³/mol. The molecular weight excluding hydrogens is 306 g/mol. The van der Waals surface area contributed by atoms with E-state index in [4.69, 9.17) is 5.11 Å². The molecule has 0 fully saturated rings.